The first kappa shape index (κ1) is 10.8. The van der Waals surface area contributed by atoms with E-state index in [1.54, 1.807) is 16.9 Å². The number of benzene rings is 1. The van der Waals surface area contributed by atoms with Crippen LogP contribution < -0.4 is 0 Å². The van der Waals surface area contributed by atoms with Gasteiger partial charge >= 0.3 is 0 Å². The molecule has 3 nitrogen and oxygen atoms in total. The van der Waals surface area contributed by atoms with Crippen LogP contribution in [0.4, 0.5) is 4.39 Å². The minimum atomic E-state index is -0.282. The van der Waals surface area contributed by atoms with Gasteiger partial charge in [0, 0.05) is 25.4 Å². The molecule has 1 aromatic heterocycles. The Labute approximate surface area is 93.2 Å². The quantitative estimate of drug-likeness (QED) is 0.856. The van der Waals surface area contributed by atoms with Gasteiger partial charge in [-0.25, -0.2) is 4.39 Å². The molecule has 0 amide bonds. The number of aliphatic hydroxyl groups is 1. The van der Waals surface area contributed by atoms with Gasteiger partial charge < -0.3 is 5.11 Å². The molecule has 1 heterocycles. The Morgan fingerprint density at radius 3 is 2.75 bits per heavy atom. The number of hydrogen-bond acceptors (Lipinski definition) is 2. The zero-order valence-electron chi connectivity index (χ0n) is 9.02. The lowest BCUT2D eigenvalue weighted by molar-refractivity contribution is 0.297. The number of aliphatic hydroxyl groups excluding tert-OH is 1. The summed E-state index contributed by atoms with van der Waals surface area (Å²) in [7, 11) is 1.82. The summed E-state index contributed by atoms with van der Waals surface area (Å²) in [6, 6.07) is 5.01. The van der Waals surface area contributed by atoms with Crippen molar-refractivity contribution in [2.75, 3.05) is 6.61 Å². The van der Waals surface area contributed by atoms with Crippen molar-refractivity contribution in [2.24, 2.45) is 7.05 Å². The number of rotatable bonds is 3. The Morgan fingerprint density at radius 1 is 1.38 bits per heavy atom. The fraction of sp³-hybridized carbons (Fsp3) is 0.250. The number of hydrogen-bond donors (Lipinski definition) is 1. The van der Waals surface area contributed by atoms with Gasteiger partial charge in [-0.05, 0) is 23.6 Å². The van der Waals surface area contributed by atoms with Crippen molar-refractivity contribution in [3.63, 3.8) is 0 Å². The van der Waals surface area contributed by atoms with Crippen molar-refractivity contribution in [2.45, 2.75) is 6.42 Å². The molecule has 0 spiro atoms. The summed E-state index contributed by atoms with van der Waals surface area (Å²) in [4.78, 5) is 0. The van der Waals surface area contributed by atoms with E-state index in [9.17, 15) is 4.39 Å². The monoisotopic (exact) mass is 220 g/mol. The summed E-state index contributed by atoms with van der Waals surface area (Å²) >= 11 is 0. The molecule has 4 heteroatoms. The summed E-state index contributed by atoms with van der Waals surface area (Å²) in [5.41, 5.74) is 2.22. The molecule has 0 fully saturated rings. The second kappa shape index (κ2) is 4.45. The third-order valence-corrected chi connectivity index (χ3v) is 2.47. The van der Waals surface area contributed by atoms with Crippen LogP contribution in [0.25, 0.3) is 11.1 Å². The molecule has 0 saturated heterocycles. The second-order valence-electron chi connectivity index (χ2n) is 3.68. The topological polar surface area (TPSA) is 38.0 Å². The van der Waals surface area contributed by atoms with Crippen LogP contribution in [-0.2, 0) is 13.5 Å². The molecule has 2 rings (SSSR count). The van der Waals surface area contributed by atoms with E-state index in [1.807, 2.05) is 19.3 Å². The fourth-order valence-corrected chi connectivity index (χ4v) is 1.62. The van der Waals surface area contributed by atoms with E-state index in [1.165, 1.54) is 6.07 Å². The van der Waals surface area contributed by atoms with E-state index in [2.05, 4.69) is 5.10 Å². The molecule has 16 heavy (non-hydrogen) atoms. The average molecular weight is 220 g/mol. The predicted molar refractivity (Wildman–Crippen MR) is 59.4 cm³/mol. The lowest BCUT2D eigenvalue weighted by Gasteiger charge is -2.03. The normalized spacial score (nSPS) is 10.7. The molecule has 0 bridgehead atoms. The van der Waals surface area contributed by atoms with Crippen molar-refractivity contribution in [3.8, 4) is 11.1 Å². The second-order valence-corrected chi connectivity index (χ2v) is 3.68. The first-order valence-corrected chi connectivity index (χ1v) is 5.09. The van der Waals surface area contributed by atoms with Gasteiger partial charge in [-0.3, -0.25) is 4.68 Å². The fourth-order valence-electron chi connectivity index (χ4n) is 1.62. The minimum Gasteiger partial charge on any atom is -0.396 e. The van der Waals surface area contributed by atoms with Crippen LogP contribution in [0.1, 0.15) is 5.56 Å². The molecule has 0 radical (unpaired) electrons. The Balaban J connectivity index is 2.34. The first-order chi connectivity index (χ1) is 7.70. The maximum atomic E-state index is 13.6. The molecule has 0 saturated carbocycles. The number of aromatic nitrogens is 2. The average Bonchev–Trinajstić information content (AvgIpc) is 2.68. The molecule has 0 aliphatic carbocycles. The van der Waals surface area contributed by atoms with Crippen molar-refractivity contribution >= 4 is 0 Å². The summed E-state index contributed by atoms with van der Waals surface area (Å²) in [6.45, 7) is -0.0385. The van der Waals surface area contributed by atoms with E-state index in [0.29, 0.717) is 12.0 Å². The van der Waals surface area contributed by atoms with Crippen LogP contribution in [0.15, 0.2) is 30.6 Å². The molecular formula is C12H13FN2O. The molecule has 0 atom stereocenters. The highest BCUT2D eigenvalue weighted by atomic mass is 19.1. The van der Waals surface area contributed by atoms with E-state index in [0.717, 1.165) is 11.1 Å². The van der Waals surface area contributed by atoms with Gasteiger partial charge in [0.1, 0.15) is 5.82 Å². The Kier molecular flexibility index (Phi) is 3.01. The van der Waals surface area contributed by atoms with Crippen LogP contribution in [-0.4, -0.2) is 21.5 Å². The predicted octanol–water partition coefficient (Wildman–Crippen LogP) is 1.76. The number of halogens is 1. The molecular weight excluding hydrogens is 207 g/mol. The minimum absolute atomic E-state index is 0.0385. The van der Waals surface area contributed by atoms with Gasteiger partial charge in [-0.2, -0.15) is 5.10 Å². The van der Waals surface area contributed by atoms with Crippen LogP contribution in [0.5, 0.6) is 0 Å². The molecule has 0 aliphatic heterocycles. The standard InChI is InChI=1S/C12H13FN2O/c1-15-8-11(7-14-15)10-3-2-9(4-5-16)12(13)6-10/h2-3,6-8,16H,4-5H2,1H3. The maximum absolute atomic E-state index is 13.6. The van der Waals surface area contributed by atoms with Crippen LogP contribution in [0.2, 0.25) is 0 Å². The zero-order valence-corrected chi connectivity index (χ0v) is 9.02. The van der Waals surface area contributed by atoms with Crippen molar-refractivity contribution in [1.29, 1.82) is 0 Å². The van der Waals surface area contributed by atoms with Crippen molar-refractivity contribution in [1.82, 2.24) is 9.78 Å². The van der Waals surface area contributed by atoms with E-state index in [-0.39, 0.29) is 12.4 Å². The molecule has 1 N–H and O–H groups in total. The summed E-state index contributed by atoms with van der Waals surface area (Å²) < 4.78 is 15.3. The smallest absolute Gasteiger partial charge is 0.127 e. The Bertz CT molecular complexity index is 494. The van der Waals surface area contributed by atoms with Gasteiger partial charge in [-0.15, -0.1) is 0 Å². The van der Waals surface area contributed by atoms with Gasteiger partial charge in [0.15, 0.2) is 0 Å². The third kappa shape index (κ3) is 2.12. The summed E-state index contributed by atoms with van der Waals surface area (Å²) in [5.74, 6) is -0.282. The van der Waals surface area contributed by atoms with Crippen LogP contribution >= 0.6 is 0 Å². The molecule has 0 unspecified atom stereocenters. The molecule has 84 valence electrons. The van der Waals surface area contributed by atoms with Gasteiger partial charge in [0.25, 0.3) is 0 Å². The van der Waals surface area contributed by atoms with Crippen molar-refractivity contribution < 1.29 is 9.50 Å². The third-order valence-electron chi connectivity index (χ3n) is 2.47. The van der Waals surface area contributed by atoms with Gasteiger partial charge in [0.05, 0.1) is 6.20 Å². The van der Waals surface area contributed by atoms with Crippen molar-refractivity contribution in [3.05, 3.63) is 42.0 Å². The summed E-state index contributed by atoms with van der Waals surface area (Å²) in [6.07, 6.45) is 3.88. The van der Waals surface area contributed by atoms with E-state index < -0.39 is 0 Å². The van der Waals surface area contributed by atoms with Crippen LogP contribution in [0, 0.1) is 5.82 Å². The lowest BCUT2D eigenvalue weighted by Crippen LogP contribution is -1.94. The highest BCUT2D eigenvalue weighted by Crippen LogP contribution is 2.21. The molecule has 0 aliphatic rings. The molecule has 2 aromatic rings. The lowest BCUT2D eigenvalue weighted by atomic mass is 10.1. The maximum Gasteiger partial charge on any atom is 0.127 e. The van der Waals surface area contributed by atoms with Gasteiger partial charge in [0.2, 0.25) is 0 Å². The highest BCUT2D eigenvalue weighted by molar-refractivity contribution is 5.62. The molecule has 1 aromatic carbocycles. The highest BCUT2D eigenvalue weighted by Gasteiger charge is 2.05. The zero-order chi connectivity index (χ0) is 11.5. The number of aryl methyl sites for hydroxylation is 1. The van der Waals surface area contributed by atoms with Crippen LogP contribution in [0.3, 0.4) is 0 Å². The largest absolute Gasteiger partial charge is 0.396 e. The Morgan fingerprint density at radius 2 is 2.19 bits per heavy atom. The summed E-state index contributed by atoms with van der Waals surface area (Å²) in [5, 5.41) is 12.8. The van der Waals surface area contributed by atoms with E-state index >= 15 is 0 Å². The Hall–Kier alpha value is -1.68. The van der Waals surface area contributed by atoms with Gasteiger partial charge in [-0.1, -0.05) is 12.1 Å². The first-order valence-electron chi connectivity index (χ1n) is 5.09. The number of nitrogens with zero attached hydrogens (tertiary/aromatic N) is 2. The SMILES string of the molecule is Cn1cc(-c2ccc(CCO)c(F)c2)cn1. The van der Waals surface area contributed by atoms with E-state index in [4.69, 9.17) is 5.11 Å².